The van der Waals surface area contributed by atoms with Crippen LogP contribution in [-0.4, -0.2) is 74.9 Å². The van der Waals surface area contributed by atoms with Crippen molar-refractivity contribution in [1.82, 2.24) is 28.6 Å². The van der Waals surface area contributed by atoms with Crippen LogP contribution in [0.3, 0.4) is 0 Å². The number of nitrogens with zero attached hydrogens (tertiary/aromatic N) is 7. The minimum absolute atomic E-state index is 0.146. The standard InChI is InChI=1S/C24H31N7O5S/c1-7-29(8-2)11-12-31(23-26-18-15(35-5)9-10-16(36-6)20(18)37-23)17(32)13-30-14-25-21-19(30)22(33)28(4)24(34)27(21)3/h9-10,14H,7-8,11-13H2,1-6H3. The van der Waals surface area contributed by atoms with Gasteiger partial charge in [0.1, 0.15) is 28.3 Å². The Morgan fingerprint density at radius 1 is 1.03 bits per heavy atom. The van der Waals surface area contributed by atoms with Crippen LogP contribution in [0.2, 0.25) is 0 Å². The van der Waals surface area contributed by atoms with Crippen molar-refractivity contribution in [2.75, 3.05) is 45.3 Å². The highest BCUT2D eigenvalue weighted by Gasteiger charge is 2.25. The van der Waals surface area contributed by atoms with Crippen molar-refractivity contribution in [3.8, 4) is 11.5 Å². The van der Waals surface area contributed by atoms with Gasteiger partial charge in [0, 0.05) is 27.2 Å². The molecule has 0 unspecified atom stereocenters. The zero-order chi connectivity index (χ0) is 26.9. The average molecular weight is 530 g/mol. The third kappa shape index (κ3) is 4.71. The number of carbonyl (C=O) groups is 1. The third-order valence-corrected chi connectivity index (χ3v) is 7.58. The molecule has 3 aromatic heterocycles. The molecule has 3 heterocycles. The summed E-state index contributed by atoms with van der Waals surface area (Å²) in [4.78, 5) is 51.8. The Kier molecular flexibility index (Phi) is 7.64. The van der Waals surface area contributed by atoms with E-state index in [1.165, 1.54) is 33.8 Å². The fourth-order valence-electron chi connectivity index (χ4n) is 4.25. The second kappa shape index (κ2) is 10.7. The minimum atomic E-state index is -0.507. The fraction of sp³-hybridized carbons (Fsp3) is 0.458. The number of fused-ring (bicyclic) bond motifs is 2. The lowest BCUT2D eigenvalue weighted by molar-refractivity contribution is -0.119. The van der Waals surface area contributed by atoms with E-state index in [1.54, 1.807) is 32.2 Å². The summed E-state index contributed by atoms with van der Waals surface area (Å²) in [5, 5.41) is 0.500. The van der Waals surface area contributed by atoms with Gasteiger partial charge in [-0.2, -0.15) is 0 Å². The second-order valence-corrected chi connectivity index (χ2v) is 9.44. The smallest absolute Gasteiger partial charge is 0.332 e. The molecular weight excluding hydrogens is 498 g/mol. The molecule has 4 rings (SSSR count). The number of imidazole rings is 1. The summed E-state index contributed by atoms with van der Waals surface area (Å²) in [6.07, 6.45) is 1.41. The van der Waals surface area contributed by atoms with Crippen molar-refractivity contribution in [3.63, 3.8) is 0 Å². The Morgan fingerprint density at radius 2 is 1.70 bits per heavy atom. The molecule has 1 aromatic carbocycles. The number of aryl methyl sites for hydroxylation is 1. The maximum atomic E-state index is 13.8. The Balaban J connectivity index is 1.77. The Bertz CT molecular complexity index is 1520. The summed E-state index contributed by atoms with van der Waals surface area (Å²) in [5.41, 5.74) is 0.0404. The highest BCUT2D eigenvalue weighted by atomic mass is 32.1. The fourth-order valence-corrected chi connectivity index (χ4v) is 5.36. The summed E-state index contributed by atoms with van der Waals surface area (Å²) >= 11 is 1.34. The van der Waals surface area contributed by atoms with Crippen LogP contribution < -0.4 is 25.6 Å². The predicted molar refractivity (Wildman–Crippen MR) is 143 cm³/mol. The van der Waals surface area contributed by atoms with Crippen LogP contribution in [0, 0.1) is 0 Å². The number of amides is 1. The lowest BCUT2D eigenvalue weighted by Crippen LogP contribution is -2.41. The lowest BCUT2D eigenvalue weighted by atomic mass is 10.3. The molecule has 0 N–H and O–H groups in total. The van der Waals surface area contributed by atoms with Gasteiger partial charge in [-0.05, 0) is 25.2 Å². The van der Waals surface area contributed by atoms with E-state index in [4.69, 9.17) is 14.5 Å². The first-order valence-corrected chi connectivity index (χ1v) is 12.7. The molecule has 0 aliphatic heterocycles. The number of carbonyl (C=O) groups excluding carboxylic acids is 1. The number of methoxy groups -OCH3 is 2. The molecule has 37 heavy (non-hydrogen) atoms. The second-order valence-electron chi connectivity index (χ2n) is 8.47. The first kappa shape index (κ1) is 26.4. The van der Waals surface area contributed by atoms with Gasteiger partial charge in [-0.3, -0.25) is 23.6 Å². The van der Waals surface area contributed by atoms with Crippen molar-refractivity contribution in [2.45, 2.75) is 20.4 Å². The SMILES string of the molecule is CCN(CC)CCN(C(=O)Cn1cnc2c1c(=O)n(C)c(=O)n2C)c1nc2c(OC)ccc(OC)c2s1. The first-order valence-electron chi connectivity index (χ1n) is 11.9. The molecule has 13 heteroatoms. The van der Waals surface area contributed by atoms with Crippen LogP contribution in [0.4, 0.5) is 5.13 Å². The summed E-state index contributed by atoms with van der Waals surface area (Å²) < 4.78 is 15.6. The van der Waals surface area contributed by atoms with E-state index in [1.807, 2.05) is 6.07 Å². The molecule has 0 saturated heterocycles. The maximum absolute atomic E-state index is 13.8. The van der Waals surface area contributed by atoms with Gasteiger partial charge in [0.2, 0.25) is 5.91 Å². The van der Waals surface area contributed by atoms with Crippen LogP contribution in [-0.2, 0) is 25.4 Å². The molecule has 0 radical (unpaired) electrons. The number of rotatable bonds is 10. The molecule has 0 spiro atoms. The van der Waals surface area contributed by atoms with Crippen molar-refractivity contribution >= 4 is 43.8 Å². The molecule has 0 aliphatic carbocycles. The van der Waals surface area contributed by atoms with E-state index in [-0.39, 0.29) is 23.6 Å². The van der Waals surface area contributed by atoms with Crippen molar-refractivity contribution in [2.24, 2.45) is 14.1 Å². The highest BCUT2D eigenvalue weighted by molar-refractivity contribution is 7.22. The van der Waals surface area contributed by atoms with Crippen molar-refractivity contribution in [3.05, 3.63) is 39.3 Å². The highest BCUT2D eigenvalue weighted by Crippen LogP contribution is 2.40. The van der Waals surface area contributed by atoms with Crippen LogP contribution in [0.1, 0.15) is 13.8 Å². The molecule has 1 amide bonds. The van der Waals surface area contributed by atoms with Crippen LogP contribution in [0.5, 0.6) is 11.5 Å². The summed E-state index contributed by atoms with van der Waals surface area (Å²) in [6.45, 7) is 6.72. The number of hydrogen-bond donors (Lipinski definition) is 0. The maximum Gasteiger partial charge on any atom is 0.332 e. The number of anilines is 1. The molecule has 0 atom stereocenters. The summed E-state index contributed by atoms with van der Waals surface area (Å²) in [7, 11) is 6.10. The molecule has 0 bridgehead atoms. The third-order valence-electron chi connectivity index (χ3n) is 6.49. The van der Waals surface area contributed by atoms with Gasteiger partial charge in [-0.1, -0.05) is 25.2 Å². The quantitative estimate of drug-likeness (QED) is 0.303. The number of hydrogen-bond acceptors (Lipinski definition) is 9. The monoisotopic (exact) mass is 529 g/mol. The van der Waals surface area contributed by atoms with Crippen LogP contribution in [0.15, 0.2) is 28.0 Å². The van der Waals surface area contributed by atoms with E-state index in [9.17, 15) is 14.4 Å². The number of likely N-dealkylation sites (N-methyl/N-ethyl adjacent to an activating group) is 1. The van der Waals surface area contributed by atoms with Crippen LogP contribution in [0.25, 0.3) is 21.4 Å². The molecule has 0 aliphatic rings. The van der Waals surface area contributed by atoms with Gasteiger partial charge in [-0.15, -0.1) is 0 Å². The molecule has 4 aromatic rings. The Hall–Kier alpha value is -3.71. The summed E-state index contributed by atoms with van der Waals surface area (Å²) in [6, 6.07) is 3.59. The normalized spacial score (nSPS) is 11.5. The van der Waals surface area contributed by atoms with E-state index in [2.05, 4.69) is 23.7 Å². The van der Waals surface area contributed by atoms with E-state index < -0.39 is 11.2 Å². The zero-order valence-corrected chi connectivity index (χ0v) is 22.7. The Labute approximate surface area is 217 Å². The zero-order valence-electron chi connectivity index (χ0n) is 21.8. The Morgan fingerprint density at radius 3 is 2.35 bits per heavy atom. The van der Waals surface area contributed by atoms with Gasteiger partial charge >= 0.3 is 5.69 Å². The summed E-state index contributed by atoms with van der Waals surface area (Å²) in [5.74, 6) is 0.958. The lowest BCUT2D eigenvalue weighted by Gasteiger charge is -2.25. The van der Waals surface area contributed by atoms with Crippen molar-refractivity contribution < 1.29 is 14.3 Å². The van der Waals surface area contributed by atoms with E-state index in [0.717, 1.165) is 22.4 Å². The van der Waals surface area contributed by atoms with Crippen molar-refractivity contribution in [1.29, 1.82) is 0 Å². The first-order chi connectivity index (χ1) is 17.7. The van der Waals surface area contributed by atoms with Gasteiger partial charge in [0.05, 0.1) is 20.5 Å². The van der Waals surface area contributed by atoms with Gasteiger partial charge in [0.15, 0.2) is 16.3 Å². The number of benzene rings is 1. The molecule has 0 saturated carbocycles. The van der Waals surface area contributed by atoms with Crippen LogP contribution >= 0.6 is 11.3 Å². The molecular formula is C24H31N7O5S. The van der Waals surface area contributed by atoms with Gasteiger partial charge in [0.25, 0.3) is 5.56 Å². The molecule has 0 fully saturated rings. The van der Waals surface area contributed by atoms with Gasteiger partial charge in [-0.25, -0.2) is 14.8 Å². The predicted octanol–water partition coefficient (Wildman–Crippen LogP) is 1.44. The van der Waals surface area contributed by atoms with Gasteiger partial charge < -0.3 is 18.9 Å². The average Bonchev–Trinajstić information content (AvgIpc) is 3.53. The topological polar surface area (TPSA) is 117 Å². The van der Waals surface area contributed by atoms with E-state index >= 15 is 0 Å². The number of thiazole rings is 1. The minimum Gasteiger partial charge on any atom is -0.495 e. The van der Waals surface area contributed by atoms with E-state index in [0.29, 0.717) is 35.2 Å². The largest absolute Gasteiger partial charge is 0.495 e. The number of ether oxygens (including phenoxy) is 2. The molecule has 12 nitrogen and oxygen atoms in total. The molecule has 198 valence electrons. The number of aromatic nitrogens is 5.